The summed E-state index contributed by atoms with van der Waals surface area (Å²) in [5, 5.41) is 10.3. The van der Waals surface area contributed by atoms with Crippen molar-refractivity contribution in [2.75, 3.05) is 0 Å². The first-order chi connectivity index (χ1) is 12.9. The molecule has 2 aromatic rings. The minimum Gasteiger partial charge on any atom is -0.444 e. The number of rotatable bonds is 6. The van der Waals surface area contributed by atoms with E-state index in [-0.39, 0.29) is 6.04 Å². The topological polar surface area (TPSA) is 79.9 Å². The zero-order chi connectivity index (χ0) is 19.4. The number of fused-ring (bicyclic) bond motifs is 1. The summed E-state index contributed by atoms with van der Waals surface area (Å²) in [5.41, 5.74) is 3.19. The molecule has 0 saturated heterocycles. The lowest BCUT2D eigenvalue weighted by molar-refractivity contribution is 0.0502. The highest BCUT2D eigenvalue weighted by Gasteiger charge is 2.26. The molecule has 2 N–H and O–H groups in total. The number of nitrogens with zero attached hydrogens (tertiary/aromatic N) is 2. The van der Waals surface area contributed by atoms with Gasteiger partial charge in [0, 0.05) is 12.8 Å². The number of aryl methyl sites for hydroxylation is 1. The largest absolute Gasteiger partial charge is 0.444 e. The maximum atomic E-state index is 12.4. The Morgan fingerprint density at radius 2 is 2.11 bits per heavy atom. The van der Waals surface area contributed by atoms with E-state index in [1.807, 2.05) is 26.8 Å². The molecule has 3 rings (SSSR count). The number of nitrogens with one attached hydrogen (secondary N) is 2. The van der Waals surface area contributed by atoms with Crippen LogP contribution in [0.5, 0.6) is 0 Å². The lowest BCUT2D eigenvalue weighted by Gasteiger charge is -2.23. The van der Waals surface area contributed by atoms with Crippen LogP contribution in [-0.2, 0) is 17.6 Å². The van der Waals surface area contributed by atoms with Crippen molar-refractivity contribution >= 4 is 11.7 Å². The van der Waals surface area contributed by atoms with Crippen LogP contribution in [0, 0.1) is 0 Å². The Labute approximate surface area is 160 Å². The van der Waals surface area contributed by atoms with Crippen LogP contribution in [0.3, 0.4) is 0 Å². The van der Waals surface area contributed by atoms with E-state index < -0.39 is 11.7 Å². The first kappa shape index (κ1) is 19.1. The van der Waals surface area contributed by atoms with Crippen LogP contribution >= 0.6 is 0 Å². The molecule has 144 valence electrons. The van der Waals surface area contributed by atoms with Crippen LogP contribution < -0.4 is 5.32 Å². The van der Waals surface area contributed by atoms with Gasteiger partial charge in [-0.1, -0.05) is 37.3 Å². The maximum Gasteiger partial charge on any atom is 0.408 e. The zero-order valence-electron chi connectivity index (χ0n) is 16.5. The van der Waals surface area contributed by atoms with Gasteiger partial charge < -0.3 is 10.1 Å². The first-order valence-electron chi connectivity index (χ1n) is 9.53. The normalized spacial score (nSPS) is 14.4. The van der Waals surface area contributed by atoms with Gasteiger partial charge in [-0.25, -0.2) is 9.78 Å². The Morgan fingerprint density at radius 3 is 2.85 bits per heavy atom. The fourth-order valence-electron chi connectivity index (χ4n) is 3.24. The van der Waals surface area contributed by atoms with Gasteiger partial charge >= 0.3 is 6.09 Å². The van der Waals surface area contributed by atoms with Crippen LogP contribution in [0.4, 0.5) is 4.79 Å². The average Bonchev–Trinajstić information content (AvgIpc) is 3.20. The molecule has 0 fully saturated rings. The Hall–Kier alpha value is -2.63. The lowest BCUT2D eigenvalue weighted by Crippen LogP contribution is -2.35. The van der Waals surface area contributed by atoms with Crippen molar-refractivity contribution in [3.8, 4) is 0 Å². The van der Waals surface area contributed by atoms with Gasteiger partial charge in [-0.3, -0.25) is 5.10 Å². The number of carbonyl (C=O) groups is 1. The number of hydrogen-bond donors (Lipinski definition) is 2. The number of H-pyrrole nitrogens is 1. The Morgan fingerprint density at radius 1 is 1.33 bits per heavy atom. The minimum atomic E-state index is -0.555. The van der Waals surface area contributed by atoms with Crippen LogP contribution in [0.15, 0.2) is 30.3 Å². The Balaban J connectivity index is 1.80. The number of ether oxygens (including phenoxy) is 1. The summed E-state index contributed by atoms with van der Waals surface area (Å²) >= 11 is 0. The van der Waals surface area contributed by atoms with Crippen molar-refractivity contribution in [3.63, 3.8) is 0 Å². The predicted octanol–water partition coefficient (Wildman–Crippen LogP) is 4.35. The second kappa shape index (κ2) is 7.94. The third-order valence-electron chi connectivity index (χ3n) is 4.39. The zero-order valence-corrected chi connectivity index (χ0v) is 16.5. The predicted molar refractivity (Wildman–Crippen MR) is 105 cm³/mol. The number of allylic oxidation sites excluding steroid dienone is 1. The third-order valence-corrected chi connectivity index (χ3v) is 4.39. The number of benzene rings is 1. The van der Waals surface area contributed by atoms with E-state index in [9.17, 15) is 4.79 Å². The highest BCUT2D eigenvalue weighted by molar-refractivity contribution is 5.74. The molecule has 1 unspecified atom stereocenters. The number of aromatic amines is 1. The molecule has 1 aromatic heterocycles. The van der Waals surface area contributed by atoms with Crippen molar-refractivity contribution in [3.05, 3.63) is 53.1 Å². The van der Waals surface area contributed by atoms with Crippen molar-refractivity contribution in [1.29, 1.82) is 0 Å². The molecule has 0 aliphatic heterocycles. The summed E-state index contributed by atoms with van der Waals surface area (Å²) in [5.74, 6) is 1.43. The fourth-order valence-corrected chi connectivity index (χ4v) is 3.24. The number of carbonyl (C=O) groups excluding carboxylic acids is 1. The molecule has 6 nitrogen and oxygen atoms in total. The molecular weight excluding hydrogens is 340 g/mol. The van der Waals surface area contributed by atoms with Crippen LogP contribution in [0.1, 0.15) is 69.4 Å². The summed E-state index contributed by atoms with van der Waals surface area (Å²) in [6, 6.07) is 8.01. The minimum absolute atomic E-state index is 0.348. The molecule has 0 radical (unpaired) electrons. The molecule has 1 aromatic carbocycles. The summed E-state index contributed by atoms with van der Waals surface area (Å²) in [7, 11) is 0. The summed E-state index contributed by atoms with van der Waals surface area (Å²) < 4.78 is 5.44. The average molecular weight is 368 g/mol. The van der Waals surface area contributed by atoms with Crippen molar-refractivity contribution in [2.24, 2.45) is 0 Å². The molecule has 0 bridgehead atoms. The monoisotopic (exact) mass is 368 g/mol. The third kappa shape index (κ3) is 4.96. The maximum absolute atomic E-state index is 12.4. The SMILES string of the molecule is CCCc1nc(C(CC2=CCc3ccccc32)NC(=O)OC(C)(C)C)n[nH]1. The van der Waals surface area contributed by atoms with Gasteiger partial charge in [0.25, 0.3) is 0 Å². The lowest BCUT2D eigenvalue weighted by atomic mass is 9.99. The van der Waals surface area contributed by atoms with Gasteiger partial charge in [0.2, 0.25) is 0 Å². The standard InChI is InChI=1S/C21H28N4O2/c1-5-8-18-23-19(25-24-18)17(22-20(26)27-21(2,3)4)13-15-12-11-14-9-6-7-10-16(14)15/h6-7,9-10,12,17H,5,8,11,13H2,1-4H3,(H,22,26)(H,23,24,25). The molecular formula is C21H28N4O2. The van der Waals surface area contributed by atoms with E-state index in [1.54, 1.807) is 0 Å². The van der Waals surface area contributed by atoms with Gasteiger partial charge in [-0.2, -0.15) is 5.10 Å². The molecule has 27 heavy (non-hydrogen) atoms. The van der Waals surface area contributed by atoms with E-state index in [0.29, 0.717) is 12.2 Å². The van der Waals surface area contributed by atoms with Crippen LogP contribution in [-0.4, -0.2) is 26.9 Å². The fraction of sp³-hybridized carbons (Fsp3) is 0.476. The summed E-state index contributed by atoms with van der Waals surface area (Å²) in [4.78, 5) is 17.0. The molecule has 1 amide bonds. The van der Waals surface area contributed by atoms with Crippen molar-refractivity contribution in [2.45, 2.75) is 65.0 Å². The van der Waals surface area contributed by atoms with E-state index >= 15 is 0 Å². The van der Waals surface area contributed by atoms with Crippen molar-refractivity contribution < 1.29 is 9.53 Å². The smallest absolute Gasteiger partial charge is 0.408 e. The molecule has 6 heteroatoms. The highest BCUT2D eigenvalue weighted by atomic mass is 16.6. The van der Waals surface area contributed by atoms with Gasteiger partial charge in [0.15, 0.2) is 5.82 Å². The molecule has 1 aliphatic rings. The molecule has 0 saturated carbocycles. The summed E-state index contributed by atoms with van der Waals surface area (Å²) in [6.07, 6.45) is 5.11. The first-order valence-corrected chi connectivity index (χ1v) is 9.53. The van der Waals surface area contributed by atoms with E-state index in [1.165, 1.54) is 16.7 Å². The molecule has 1 heterocycles. The second-order valence-corrected chi connectivity index (χ2v) is 7.88. The van der Waals surface area contributed by atoms with Gasteiger partial charge in [-0.05, 0) is 50.3 Å². The van der Waals surface area contributed by atoms with E-state index in [4.69, 9.17) is 4.74 Å². The quantitative estimate of drug-likeness (QED) is 0.794. The number of alkyl carbamates (subject to hydrolysis) is 1. The second-order valence-electron chi connectivity index (χ2n) is 7.88. The van der Waals surface area contributed by atoms with E-state index in [0.717, 1.165) is 25.1 Å². The number of amides is 1. The van der Waals surface area contributed by atoms with E-state index in [2.05, 4.69) is 51.7 Å². The van der Waals surface area contributed by atoms with Gasteiger partial charge in [0.05, 0.1) is 6.04 Å². The molecule has 0 spiro atoms. The number of aromatic nitrogens is 3. The Kier molecular flexibility index (Phi) is 5.63. The molecule has 1 atom stereocenters. The highest BCUT2D eigenvalue weighted by Crippen LogP contribution is 2.33. The van der Waals surface area contributed by atoms with Crippen LogP contribution in [0.2, 0.25) is 0 Å². The molecule has 1 aliphatic carbocycles. The van der Waals surface area contributed by atoms with Crippen LogP contribution in [0.25, 0.3) is 5.57 Å². The summed E-state index contributed by atoms with van der Waals surface area (Å²) in [6.45, 7) is 7.65. The van der Waals surface area contributed by atoms with Gasteiger partial charge in [0.1, 0.15) is 11.4 Å². The number of hydrogen-bond acceptors (Lipinski definition) is 4. The van der Waals surface area contributed by atoms with Gasteiger partial charge in [-0.15, -0.1) is 0 Å². The Bertz CT molecular complexity index is 833. The van der Waals surface area contributed by atoms with Crippen molar-refractivity contribution in [1.82, 2.24) is 20.5 Å².